The number of nitrogens with zero attached hydrogens (tertiary/aromatic N) is 1. The van der Waals surface area contributed by atoms with Gasteiger partial charge in [0.15, 0.2) is 0 Å². The highest BCUT2D eigenvalue weighted by Crippen LogP contribution is 2.41. The zero-order valence-electron chi connectivity index (χ0n) is 16.1. The smallest absolute Gasteiger partial charge is 0.254 e. The molecule has 0 bridgehead atoms. The molecule has 1 unspecified atom stereocenters. The van der Waals surface area contributed by atoms with Gasteiger partial charge in [0.25, 0.3) is 5.91 Å². The normalized spacial score (nSPS) is 16.2. The molecular weight excluding hydrogens is 437 g/mol. The van der Waals surface area contributed by atoms with Crippen LogP contribution in [-0.2, 0) is 4.79 Å². The predicted molar refractivity (Wildman–Crippen MR) is 113 cm³/mol. The molecule has 0 aliphatic carbocycles. The molecule has 3 rings (SSSR count). The Kier molecular flexibility index (Phi) is 6.04. The Bertz CT molecular complexity index is 1090. The number of ether oxygens (including phenoxy) is 1. The minimum atomic E-state index is -0.647. The van der Waals surface area contributed by atoms with E-state index in [4.69, 9.17) is 4.74 Å². The van der Waals surface area contributed by atoms with Gasteiger partial charge in [-0.3, -0.25) is 4.79 Å². The van der Waals surface area contributed by atoms with Gasteiger partial charge in [0.1, 0.15) is 11.6 Å². The molecule has 0 saturated carbocycles. The summed E-state index contributed by atoms with van der Waals surface area (Å²) in [6, 6.07) is 13.5. The van der Waals surface area contributed by atoms with E-state index >= 15 is 0 Å². The number of methoxy groups -OCH3 is 1. The summed E-state index contributed by atoms with van der Waals surface area (Å²) in [6.45, 7) is 3.56. The van der Waals surface area contributed by atoms with Crippen LogP contribution < -0.4 is 15.4 Å². The fraction of sp³-hybridized carbons (Fsp3) is 0.182. The van der Waals surface area contributed by atoms with Gasteiger partial charge in [0.2, 0.25) is 0 Å². The molecule has 1 aliphatic heterocycles. The van der Waals surface area contributed by atoms with Crippen LogP contribution in [0.25, 0.3) is 0 Å². The Labute approximate surface area is 177 Å². The molecule has 5 nitrogen and oxygen atoms in total. The summed E-state index contributed by atoms with van der Waals surface area (Å²) >= 11 is 3.38. The summed E-state index contributed by atoms with van der Waals surface area (Å²) in [5.41, 5.74) is 3.20. The number of para-hydroxylation sites is 2. The van der Waals surface area contributed by atoms with Crippen molar-refractivity contribution in [2.45, 2.75) is 19.8 Å². The number of benzene rings is 2. The average molecular weight is 456 g/mol. The van der Waals surface area contributed by atoms with Crippen molar-refractivity contribution >= 4 is 27.5 Å². The maximum absolute atomic E-state index is 13.6. The lowest BCUT2D eigenvalue weighted by Crippen LogP contribution is -2.30. The molecule has 1 amide bonds. The van der Waals surface area contributed by atoms with Crippen LogP contribution in [0, 0.1) is 17.1 Å². The van der Waals surface area contributed by atoms with E-state index in [-0.39, 0.29) is 5.91 Å². The second kappa shape index (κ2) is 8.50. The van der Waals surface area contributed by atoms with Crippen molar-refractivity contribution in [2.24, 2.45) is 0 Å². The lowest BCUT2D eigenvalue weighted by molar-refractivity contribution is -0.113. The van der Waals surface area contributed by atoms with Crippen LogP contribution >= 0.6 is 15.9 Å². The lowest BCUT2D eigenvalue weighted by Gasteiger charge is -2.29. The molecule has 2 aromatic rings. The maximum atomic E-state index is 13.6. The molecule has 0 spiro atoms. The molecule has 0 aromatic heterocycles. The van der Waals surface area contributed by atoms with Gasteiger partial charge in [0, 0.05) is 21.4 Å². The highest BCUT2D eigenvalue weighted by atomic mass is 79.9. The molecule has 1 aliphatic rings. The van der Waals surface area contributed by atoms with Crippen LogP contribution in [0.1, 0.15) is 25.3 Å². The van der Waals surface area contributed by atoms with Crippen LogP contribution in [0.2, 0.25) is 0 Å². The molecule has 1 heterocycles. The molecule has 1 atom stereocenters. The molecule has 29 heavy (non-hydrogen) atoms. The van der Waals surface area contributed by atoms with Crippen molar-refractivity contribution in [1.82, 2.24) is 5.32 Å². The van der Waals surface area contributed by atoms with Gasteiger partial charge in [0.05, 0.1) is 30.4 Å². The van der Waals surface area contributed by atoms with Gasteiger partial charge in [-0.25, -0.2) is 4.39 Å². The van der Waals surface area contributed by atoms with E-state index in [2.05, 4.69) is 32.6 Å². The second-order valence-corrected chi connectivity index (χ2v) is 7.42. The number of rotatable bonds is 4. The maximum Gasteiger partial charge on any atom is 0.254 e. The highest BCUT2D eigenvalue weighted by molar-refractivity contribution is 9.10. The summed E-state index contributed by atoms with van der Waals surface area (Å²) in [5.74, 6) is -0.906. The summed E-state index contributed by atoms with van der Waals surface area (Å²) in [4.78, 5) is 13.3. The minimum absolute atomic E-state index is 0.374. The molecule has 7 heteroatoms. The first-order valence-electron chi connectivity index (χ1n) is 8.85. The first-order valence-corrected chi connectivity index (χ1v) is 9.64. The van der Waals surface area contributed by atoms with Crippen LogP contribution in [0.3, 0.4) is 0 Å². The van der Waals surface area contributed by atoms with Crippen molar-refractivity contribution in [3.63, 3.8) is 0 Å². The summed E-state index contributed by atoms with van der Waals surface area (Å²) in [6.07, 6.45) is 0. The largest absolute Gasteiger partial charge is 0.495 e. The third kappa shape index (κ3) is 4.03. The molecule has 0 saturated heterocycles. The zero-order chi connectivity index (χ0) is 21.1. The van der Waals surface area contributed by atoms with E-state index in [1.807, 2.05) is 0 Å². The van der Waals surface area contributed by atoms with Crippen molar-refractivity contribution in [2.75, 3.05) is 12.4 Å². The first kappa shape index (κ1) is 20.6. The Morgan fingerprint density at radius 2 is 1.97 bits per heavy atom. The van der Waals surface area contributed by atoms with Gasteiger partial charge in [-0.1, -0.05) is 34.1 Å². The first-order chi connectivity index (χ1) is 13.9. The molecule has 2 N–H and O–H groups in total. The van der Waals surface area contributed by atoms with Gasteiger partial charge in [-0.15, -0.1) is 0 Å². The van der Waals surface area contributed by atoms with Crippen molar-refractivity contribution in [1.29, 1.82) is 5.26 Å². The fourth-order valence-corrected chi connectivity index (χ4v) is 4.01. The SMILES string of the molecule is COc1ccccc1NC(=O)C1=C(C)NC(C)=C(C#N)C1c1ccc(F)cc1Br. The Balaban J connectivity index is 2.10. The average Bonchev–Trinajstić information content (AvgIpc) is 2.68. The minimum Gasteiger partial charge on any atom is -0.495 e. The fourth-order valence-electron chi connectivity index (χ4n) is 3.43. The van der Waals surface area contributed by atoms with Gasteiger partial charge in [-0.05, 0) is 43.7 Å². The molecule has 0 radical (unpaired) electrons. The number of anilines is 1. The number of dihydropyridines is 1. The van der Waals surface area contributed by atoms with E-state index in [1.54, 1.807) is 44.2 Å². The third-order valence-corrected chi connectivity index (χ3v) is 5.44. The number of halogens is 2. The van der Waals surface area contributed by atoms with E-state index < -0.39 is 11.7 Å². The van der Waals surface area contributed by atoms with E-state index in [0.29, 0.717) is 44.0 Å². The van der Waals surface area contributed by atoms with Crippen LogP contribution in [0.4, 0.5) is 10.1 Å². The Morgan fingerprint density at radius 3 is 2.62 bits per heavy atom. The number of nitriles is 1. The predicted octanol–water partition coefficient (Wildman–Crippen LogP) is 4.99. The molecule has 2 aromatic carbocycles. The topological polar surface area (TPSA) is 74.2 Å². The number of nitrogens with one attached hydrogen (secondary N) is 2. The van der Waals surface area contributed by atoms with Crippen LogP contribution in [0.5, 0.6) is 5.75 Å². The van der Waals surface area contributed by atoms with Crippen molar-refractivity contribution in [3.05, 3.63) is 80.9 Å². The molecule has 0 fully saturated rings. The van der Waals surface area contributed by atoms with Crippen molar-refractivity contribution < 1.29 is 13.9 Å². The quantitative estimate of drug-likeness (QED) is 0.680. The highest BCUT2D eigenvalue weighted by Gasteiger charge is 2.34. The van der Waals surface area contributed by atoms with Gasteiger partial charge < -0.3 is 15.4 Å². The van der Waals surface area contributed by atoms with Gasteiger partial charge in [-0.2, -0.15) is 5.26 Å². The number of carbonyl (C=O) groups is 1. The van der Waals surface area contributed by atoms with Crippen molar-refractivity contribution in [3.8, 4) is 11.8 Å². The van der Waals surface area contributed by atoms with Crippen LogP contribution in [-0.4, -0.2) is 13.0 Å². The Morgan fingerprint density at radius 1 is 1.24 bits per heavy atom. The van der Waals surface area contributed by atoms with Gasteiger partial charge >= 0.3 is 0 Å². The third-order valence-electron chi connectivity index (χ3n) is 4.75. The van der Waals surface area contributed by atoms with Crippen LogP contribution in [0.15, 0.2) is 69.5 Å². The molecule has 148 valence electrons. The standard InChI is InChI=1S/C22H19BrFN3O2/c1-12-16(11-25)21(15-9-8-14(24)10-17(15)23)20(13(2)26-12)22(28)27-18-6-4-5-7-19(18)29-3/h4-10,21,26H,1-3H3,(H,27,28). The second-order valence-electron chi connectivity index (χ2n) is 6.57. The van der Waals surface area contributed by atoms with E-state index in [0.717, 1.165) is 0 Å². The number of allylic oxidation sites excluding steroid dienone is 3. The zero-order valence-corrected chi connectivity index (χ0v) is 17.7. The van der Waals surface area contributed by atoms with E-state index in [1.165, 1.54) is 19.2 Å². The molecular formula is C22H19BrFN3O2. The summed E-state index contributed by atoms with van der Waals surface area (Å²) in [7, 11) is 1.52. The number of amides is 1. The monoisotopic (exact) mass is 455 g/mol. The summed E-state index contributed by atoms with van der Waals surface area (Å²) < 4.78 is 19.4. The number of carbonyl (C=O) groups excluding carboxylic acids is 1. The van der Waals surface area contributed by atoms with E-state index in [9.17, 15) is 14.4 Å². The lowest BCUT2D eigenvalue weighted by atomic mass is 9.80. The Hall–Kier alpha value is -3.11. The summed E-state index contributed by atoms with van der Waals surface area (Å²) in [5, 5.41) is 15.8. The number of hydrogen-bond donors (Lipinski definition) is 2. The number of hydrogen-bond acceptors (Lipinski definition) is 4.